The summed E-state index contributed by atoms with van der Waals surface area (Å²) in [6.07, 6.45) is 7.96. The average Bonchev–Trinajstić information content (AvgIpc) is 3.33. The van der Waals surface area contributed by atoms with Gasteiger partial charge >= 0.3 is 6.09 Å². The lowest BCUT2D eigenvalue weighted by atomic mass is 9.55. The van der Waals surface area contributed by atoms with E-state index in [4.69, 9.17) is 4.74 Å². The zero-order valence-corrected chi connectivity index (χ0v) is 22.7. The standard InChI is InChI=1S/C31H36N4O5/c1-31(17-24-18-33-27-5-3-2-4-26(24)27,29(36)32-11-10-19-6-8-25(9-7-19)35(38)39)34-30(37)40-28-22-13-20-12-21(15-22)16-23(28)14-20/h2-9,18,20-23,28,33H,10-17H2,1H3,(H,32,36)(H,34,37). The Hall–Kier alpha value is -3.88. The minimum Gasteiger partial charge on any atom is -0.446 e. The molecule has 0 aliphatic heterocycles. The number of rotatable bonds is 9. The summed E-state index contributed by atoms with van der Waals surface area (Å²) in [7, 11) is 0. The number of ether oxygens (including phenoxy) is 1. The van der Waals surface area contributed by atoms with Crippen molar-refractivity contribution in [1.29, 1.82) is 0 Å². The normalized spacial score (nSPS) is 26.3. The highest BCUT2D eigenvalue weighted by atomic mass is 16.6. The minimum absolute atomic E-state index is 0.0286. The van der Waals surface area contributed by atoms with E-state index in [0.29, 0.717) is 24.8 Å². The molecule has 9 heteroatoms. The number of nitro benzene ring substituents is 1. The molecule has 3 aromatic rings. The molecule has 210 valence electrons. The molecule has 4 saturated carbocycles. The molecule has 1 heterocycles. The molecule has 40 heavy (non-hydrogen) atoms. The number of carbonyl (C=O) groups is 2. The van der Waals surface area contributed by atoms with Crippen LogP contribution in [0.15, 0.2) is 54.7 Å². The van der Waals surface area contributed by atoms with E-state index in [0.717, 1.165) is 59.5 Å². The number of amides is 2. The number of nitro groups is 1. The quantitative estimate of drug-likeness (QED) is 0.249. The monoisotopic (exact) mass is 544 g/mol. The van der Waals surface area contributed by atoms with Crippen LogP contribution in [0.5, 0.6) is 0 Å². The van der Waals surface area contributed by atoms with Crippen LogP contribution in [0, 0.1) is 33.8 Å². The summed E-state index contributed by atoms with van der Waals surface area (Å²) in [6.45, 7) is 2.07. The molecule has 3 N–H and O–H groups in total. The zero-order chi connectivity index (χ0) is 27.9. The number of aromatic amines is 1. The van der Waals surface area contributed by atoms with Crippen LogP contribution in [0.1, 0.15) is 50.2 Å². The number of H-pyrrole nitrogens is 1. The van der Waals surface area contributed by atoms with Crippen LogP contribution in [0.4, 0.5) is 10.5 Å². The van der Waals surface area contributed by atoms with Crippen molar-refractivity contribution in [2.45, 2.75) is 63.5 Å². The van der Waals surface area contributed by atoms with Gasteiger partial charge in [0.25, 0.3) is 5.69 Å². The van der Waals surface area contributed by atoms with Gasteiger partial charge in [-0.2, -0.15) is 0 Å². The molecule has 2 aromatic carbocycles. The molecule has 4 aliphatic rings. The molecule has 0 saturated heterocycles. The summed E-state index contributed by atoms with van der Waals surface area (Å²) in [4.78, 5) is 40.8. The maximum atomic E-state index is 13.7. The molecule has 0 spiro atoms. The lowest BCUT2D eigenvalue weighted by Gasteiger charge is -2.53. The highest BCUT2D eigenvalue weighted by molar-refractivity contribution is 5.91. The van der Waals surface area contributed by atoms with E-state index in [1.165, 1.54) is 18.6 Å². The van der Waals surface area contributed by atoms with Crippen LogP contribution in [-0.2, 0) is 22.4 Å². The van der Waals surface area contributed by atoms with Crippen LogP contribution >= 0.6 is 0 Å². The first-order valence-electron chi connectivity index (χ1n) is 14.3. The fraction of sp³-hybridized carbons (Fsp3) is 0.484. The van der Waals surface area contributed by atoms with Crippen molar-refractivity contribution in [2.75, 3.05) is 6.54 Å². The van der Waals surface area contributed by atoms with Gasteiger partial charge in [-0.15, -0.1) is 0 Å². The van der Waals surface area contributed by atoms with Crippen LogP contribution < -0.4 is 10.6 Å². The Morgan fingerprint density at radius 2 is 1.70 bits per heavy atom. The molecule has 0 radical (unpaired) electrons. The third kappa shape index (κ3) is 5.29. The number of non-ortho nitro benzene ring substituents is 1. The van der Waals surface area contributed by atoms with E-state index in [-0.39, 0.29) is 24.1 Å². The van der Waals surface area contributed by atoms with Crippen molar-refractivity contribution >= 4 is 28.6 Å². The average molecular weight is 545 g/mol. The Labute approximate surface area is 233 Å². The molecule has 1 aromatic heterocycles. The number of aromatic nitrogens is 1. The van der Waals surface area contributed by atoms with Gasteiger partial charge in [-0.05, 0) is 86.3 Å². The summed E-state index contributed by atoms with van der Waals surface area (Å²) < 4.78 is 6.09. The van der Waals surface area contributed by atoms with Crippen molar-refractivity contribution in [3.63, 3.8) is 0 Å². The Morgan fingerprint density at radius 3 is 2.38 bits per heavy atom. The van der Waals surface area contributed by atoms with Gasteiger partial charge in [-0.25, -0.2) is 4.79 Å². The Kier molecular flexibility index (Phi) is 6.98. The summed E-state index contributed by atoms with van der Waals surface area (Å²) in [5.41, 5.74) is 1.55. The van der Waals surface area contributed by atoms with Gasteiger partial charge < -0.3 is 20.4 Å². The maximum Gasteiger partial charge on any atom is 0.408 e. The number of para-hydroxylation sites is 1. The van der Waals surface area contributed by atoms with Gasteiger partial charge in [-0.1, -0.05) is 30.3 Å². The number of alkyl carbamates (subject to hydrolysis) is 1. The minimum atomic E-state index is -1.25. The van der Waals surface area contributed by atoms with Gasteiger partial charge in [0.15, 0.2) is 0 Å². The highest BCUT2D eigenvalue weighted by Crippen LogP contribution is 2.54. The van der Waals surface area contributed by atoms with Crippen molar-refractivity contribution < 1.29 is 19.2 Å². The molecular formula is C31H36N4O5. The predicted octanol–water partition coefficient (Wildman–Crippen LogP) is 5.29. The van der Waals surface area contributed by atoms with Gasteiger partial charge in [-0.3, -0.25) is 14.9 Å². The molecule has 7 rings (SSSR count). The van der Waals surface area contributed by atoms with Crippen molar-refractivity contribution in [1.82, 2.24) is 15.6 Å². The Morgan fingerprint density at radius 1 is 1.02 bits per heavy atom. The van der Waals surface area contributed by atoms with Crippen molar-refractivity contribution in [3.05, 3.63) is 76.0 Å². The third-order valence-electron chi connectivity index (χ3n) is 9.33. The predicted molar refractivity (Wildman–Crippen MR) is 151 cm³/mol. The van der Waals surface area contributed by atoms with Crippen LogP contribution in [0.2, 0.25) is 0 Å². The third-order valence-corrected chi connectivity index (χ3v) is 9.33. The zero-order valence-electron chi connectivity index (χ0n) is 22.7. The summed E-state index contributed by atoms with van der Waals surface area (Å²) in [5, 5.41) is 17.9. The number of nitrogens with zero attached hydrogens (tertiary/aromatic N) is 1. The number of carbonyl (C=O) groups excluding carboxylic acids is 2. The fourth-order valence-corrected chi connectivity index (χ4v) is 7.59. The second-order valence-corrected chi connectivity index (χ2v) is 12.2. The first-order valence-corrected chi connectivity index (χ1v) is 14.3. The lowest BCUT2D eigenvalue weighted by molar-refractivity contribution is -0.384. The van der Waals surface area contributed by atoms with Gasteiger partial charge in [0.2, 0.25) is 5.91 Å². The van der Waals surface area contributed by atoms with Crippen molar-refractivity contribution in [2.24, 2.45) is 23.7 Å². The molecule has 4 aliphatic carbocycles. The number of hydrogen-bond donors (Lipinski definition) is 3. The molecule has 2 amide bonds. The molecule has 1 atom stereocenters. The van der Waals surface area contributed by atoms with Crippen LogP contribution in [0.25, 0.3) is 10.9 Å². The molecule has 1 unspecified atom stereocenters. The Bertz CT molecular complexity index is 1390. The maximum absolute atomic E-state index is 13.7. The first kappa shape index (κ1) is 26.3. The topological polar surface area (TPSA) is 126 Å². The SMILES string of the molecule is CC(Cc1c[nH]c2ccccc12)(NC(=O)OC1C2CC3CC(C2)CC1C3)C(=O)NCCc1ccc([N+](=O)[O-])cc1. The lowest BCUT2D eigenvalue weighted by Crippen LogP contribution is -2.60. The van der Waals surface area contributed by atoms with E-state index < -0.39 is 16.6 Å². The molecule has 9 nitrogen and oxygen atoms in total. The molecular weight excluding hydrogens is 508 g/mol. The van der Waals surface area contributed by atoms with E-state index in [1.807, 2.05) is 30.5 Å². The molecule has 4 bridgehead atoms. The van der Waals surface area contributed by atoms with Gasteiger partial charge in [0.1, 0.15) is 11.6 Å². The van der Waals surface area contributed by atoms with Gasteiger partial charge in [0.05, 0.1) is 4.92 Å². The van der Waals surface area contributed by atoms with Crippen LogP contribution in [0.3, 0.4) is 0 Å². The summed E-state index contributed by atoms with van der Waals surface area (Å²) >= 11 is 0. The van der Waals surface area contributed by atoms with Gasteiger partial charge in [0, 0.05) is 42.2 Å². The largest absolute Gasteiger partial charge is 0.446 e. The number of hydrogen-bond acceptors (Lipinski definition) is 5. The number of benzene rings is 2. The first-order chi connectivity index (χ1) is 19.3. The second-order valence-electron chi connectivity index (χ2n) is 12.2. The van der Waals surface area contributed by atoms with E-state index in [9.17, 15) is 19.7 Å². The van der Waals surface area contributed by atoms with E-state index >= 15 is 0 Å². The van der Waals surface area contributed by atoms with E-state index in [2.05, 4.69) is 15.6 Å². The summed E-state index contributed by atoms with van der Waals surface area (Å²) in [5.74, 6) is 2.11. The number of nitrogens with one attached hydrogen (secondary N) is 3. The van der Waals surface area contributed by atoms with E-state index in [1.54, 1.807) is 19.1 Å². The second kappa shape index (κ2) is 10.6. The van der Waals surface area contributed by atoms with Crippen LogP contribution in [-0.4, -0.2) is 40.1 Å². The highest BCUT2D eigenvalue weighted by Gasteiger charge is 2.50. The number of fused-ring (bicyclic) bond motifs is 1. The van der Waals surface area contributed by atoms with Crippen molar-refractivity contribution in [3.8, 4) is 0 Å². The smallest absolute Gasteiger partial charge is 0.408 e. The summed E-state index contributed by atoms with van der Waals surface area (Å²) in [6, 6.07) is 14.2. The molecule has 4 fully saturated rings. The fourth-order valence-electron chi connectivity index (χ4n) is 7.59. The Balaban J connectivity index is 1.15.